The van der Waals surface area contributed by atoms with Crippen LogP contribution in [0.4, 0.5) is 0 Å². The SMILES string of the molecule is COCCN(CCN)S(=O)(=O)C1CCS(=O)(=O)CC1. The van der Waals surface area contributed by atoms with Gasteiger partial charge in [0, 0.05) is 26.7 Å². The predicted octanol–water partition coefficient (Wildman–Crippen LogP) is -1.20. The molecule has 1 fully saturated rings. The number of methoxy groups -OCH3 is 1. The highest BCUT2D eigenvalue weighted by molar-refractivity contribution is 7.92. The van der Waals surface area contributed by atoms with Gasteiger partial charge in [0.1, 0.15) is 9.84 Å². The molecule has 0 saturated carbocycles. The summed E-state index contributed by atoms with van der Waals surface area (Å²) in [5, 5.41) is -0.626. The average Bonchev–Trinajstić information content (AvgIpc) is 2.33. The van der Waals surface area contributed by atoms with Crippen LogP contribution in [-0.2, 0) is 24.6 Å². The fraction of sp³-hybridized carbons (Fsp3) is 1.00. The number of rotatable bonds is 7. The first-order chi connectivity index (χ1) is 8.83. The highest BCUT2D eigenvalue weighted by Gasteiger charge is 2.36. The van der Waals surface area contributed by atoms with E-state index in [4.69, 9.17) is 10.5 Å². The lowest BCUT2D eigenvalue weighted by molar-refractivity contribution is 0.179. The van der Waals surface area contributed by atoms with Gasteiger partial charge in [-0.05, 0) is 12.8 Å². The van der Waals surface area contributed by atoms with Gasteiger partial charge in [-0.2, -0.15) is 4.31 Å². The van der Waals surface area contributed by atoms with Crippen LogP contribution in [0.25, 0.3) is 0 Å². The molecule has 0 aliphatic carbocycles. The molecule has 0 radical (unpaired) electrons. The smallest absolute Gasteiger partial charge is 0.217 e. The van der Waals surface area contributed by atoms with Crippen molar-refractivity contribution in [2.75, 3.05) is 44.9 Å². The lowest BCUT2D eigenvalue weighted by atomic mass is 10.2. The Bertz CT molecular complexity index is 460. The second-order valence-electron chi connectivity index (χ2n) is 4.58. The van der Waals surface area contributed by atoms with Gasteiger partial charge in [-0.1, -0.05) is 0 Å². The molecule has 0 spiro atoms. The van der Waals surface area contributed by atoms with E-state index >= 15 is 0 Å². The number of sulfonamides is 1. The maximum Gasteiger partial charge on any atom is 0.217 e. The maximum absolute atomic E-state index is 12.4. The molecule has 0 unspecified atom stereocenters. The standard InChI is InChI=1S/C10H22N2O5S2/c1-17-7-6-12(5-4-11)19(15,16)10-2-8-18(13,14)9-3-10/h10H,2-9,11H2,1H3. The first-order valence-electron chi connectivity index (χ1n) is 6.22. The lowest BCUT2D eigenvalue weighted by Crippen LogP contribution is -2.45. The Kier molecular flexibility index (Phi) is 6.18. The largest absolute Gasteiger partial charge is 0.383 e. The molecule has 1 aliphatic rings. The van der Waals surface area contributed by atoms with Crippen molar-refractivity contribution in [3.63, 3.8) is 0 Å². The van der Waals surface area contributed by atoms with Crippen LogP contribution in [0, 0.1) is 0 Å². The number of hydrogen-bond donors (Lipinski definition) is 1. The van der Waals surface area contributed by atoms with Gasteiger partial charge in [0.2, 0.25) is 10.0 Å². The summed E-state index contributed by atoms with van der Waals surface area (Å²) in [6.07, 6.45) is 0.331. The highest BCUT2D eigenvalue weighted by atomic mass is 32.2. The van der Waals surface area contributed by atoms with Gasteiger partial charge in [0.25, 0.3) is 0 Å². The predicted molar refractivity (Wildman–Crippen MR) is 73.1 cm³/mol. The normalized spacial score (nSPS) is 20.8. The molecule has 0 amide bonds. The molecule has 0 bridgehead atoms. The molecular weight excluding hydrogens is 292 g/mol. The lowest BCUT2D eigenvalue weighted by Gasteiger charge is -2.29. The fourth-order valence-electron chi connectivity index (χ4n) is 2.08. The third kappa shape index (κ3) is 4.67. The monoisotopic (exact) mass is 314 g/mol. The van der Waals surface area contributed by atoms with Crippen molar-refractivity contribution in [3.8, 4) is 0 Å². The average molecular weight is 314 g/mol. The number of nitrogens with zero attached hydrogens (tertiary/aromatic N) is 1. The molecule has 0 aromatic rings. The molecule has 0 aromatic heterocycles. The van der Waals surface area contributed by atoms with Crippen molar-refractivity contribution in [1.29, 1.82) is 0 Å². The first kappa shape index (κ1) is 16.8. The van der Waals surface area contributed by atoms with Crippen molar-refractivity contribution in [2.24, 2.45) is 5.73 Å². The van der Waals surface area contributed by atoms with Crippen molar-refractivity contribution in [2.45, 2.75) is 18.1 Å². The summed E-state index contributed by atoms with van der Waals surface area (Å²) in [6, 6.07) is 0. The summed E-state index contributed by atoms with van der Waals surface area (Å²) in [5.74, 6) is -0.116. The van der Waals surface area contributed by atoms with Gasteiger partial charge in [0.15, 0.2) is 0 Å². The van der Waals surface area contributed by atoms with E-state index in [0.29, 0.717) is 6.61 Å². The number of ether oxygens (including phenoxy) is 1. The summed E-state index contributed by atoms with van der Waals surface area (Å²) < 4.78 is 53.7. The van der Waals surface area contributed by atoms with Crippen LogP contribution in [0.15, 0.2) is 0 Å². The van der Waals surface area contributed by atoms with Crippen molar-refractivity contribution < 1.29 is 21.6 Å². The fourth-order valence-corrected chi connectivity index (χ4v) is 5.81. The van der Waals surface area contributed by atoms with E-state index in [0.717, 1.165) is 0 Å². The second kappa shape index (κ2) is 6.98. The molecule has 1 saturated heterocycles. The van der Waals surface area contributed by atoms with Gasteiger partial charge < -0.3 is 10.5 Å². The molecule has 7 nitrogen and oxygen atoms in total. The zero-order valence-corrected chi connectivity index (χ0v) is 12.7. The van der Waals surface area contributed by atoms with E-state index < -0.39 is 25.1 Å². The molecule has 0 aromatic carbocycles. The minimum atomic E-state index is -3.50. The molecule has 19 heavy (non-hydrogen) atoms. The van der Waals surface area contributed by atoms with Gasteiger partial charge in [-0.25, -0.2) is 16.8 Å². The summed E-state index contributed by atoms with van der Waals surface area (Å²) in [7, 11) is -5.06. The Hall–Kier alpha value is -0.220. The van der Waals surface area contributed by atoms with Crippen molar-refractivity contribution in [3.05, 3.63) is 0 Å². The zero-order chi connectivity index (χ0) is 14.5. The Balaban J connectivity index is 2.76. The minimum Gasteiger partial charge on any atom is -0.383 e. The third-order valence-corrected chi connectivity index (χ3v) is 7.32. The van der Waals surface area contributed by atoms with Gasteiger partial charge >= 0.3 is 0 Å². The van der Waals surface area contributed by atoms with Gasteiger partial charge in [-0.15, -0.1) is 0 Å². The van der Waals surface area contributed by atoms with Gasteiger partial charge in [-0.3, -0.25) is 0 Å². The topological polar surface area (TPSA) is 107 Å². The van der Waals surface area contributed by atoms with Crippen LogP contribution in [0.2, 0.25) is 0 Å². The molecule has 2 N–H and O–H groups in total. The molecule has 1 aliphatic heterocycles. The van der Waals surface area contributed by atoms with Crippen LogP contribution >= 0.6 is 0 Å². The van der Waals surface area contributed by atoms with Gasteiger partial charge in [0.05, 0.1) is 23.4 Å². The molecule has 1 heterocycles. The zero-order valence-electron chi connectivity index (χ0n) is 11.1. The Morgan fingerprint density at radius 2 is 1.84 bits per heavy atom. The van der Waals surface area contributed by atoms with Crippen molar-refractivity contribution in [1.82, 2.24) is 4.31 Å². The van der Waals surface area contributed by atoms with E-state index in [1.807, 2.05) is 0 Å². The van der Waals surface area contributed by atoms with Crippen LogP contribution in [0.3, 0.4) is 0 Å². The summed E-state index contributed by atoms with van der Waals surface area (Å²) in [5.41, 5.74) is 5.43. The Morgan fingerprint density at radius 3 is 2.32 bits per heavy atom. The van der Waals surface area contributed by atoms with Crippen LogP contribution in [0.5, 0.6) is 0 Å². The van der Waals surface area contributed by atoms with E-state index in [1.54, 1.807) is 0 Å². The van der Waals surface area contributed by atoms with Crippen molar-refractivity contribution >= 4 is 19.9 Å². The quantitative estimate of drug-likeness (QED) is 0.632. The number of sulfone groups is 1. The third-order valence-electron chi connectivity index (χ3n) is 3.21. The summed E-state index contributed by atoms with van der Waals surface area (Å²) in [6.45, 7) is 1.01. The Morgan fingerprint density at radius 1 is 1.26 bits per heavy atom. The van der Waals surface area contributed by atoms with Crippen LogP contribution in [-0.4, -0.2) is 71.2 Å². The molecule has 0 atom stereocenters. The van der Waals surface area contributed by atoms with Crippen LogP contribution in [0.1, 0.15) is 12.8 Å². The number of nitrogens with two attached hydrogens (primary N) is 1. The van der Waals surface area contributed by atoms with Crippen LogP contribution < -0.4 is 5.73 Å². The molecule has 114 valence electrons. The van der Waals surface area contributed by atoms with E-state index in [-0.39, 0.29) is 44.0 Å². The second-order valence-corrected chi connectivity index (χ2v) is 9.09. The minimum absolute atomic E-state index is 0.0579. The van der Waals surface area contributed by atoms with E-state index in [1.165, 1.54) is 11.4 Å². The molecule has 9 heteroatoms. The first-order valence-corrected chi connectivity index (χ1v) is 9.54. The molecular formula is C10H22N2O5S2. The summed E-state index contributed by atoms with van der Waals surface area (Å²) >= 11 is 0. The van der Waals surface area contributed by atoms with E-state index in [2.05, 4.69) is 0 Å². The Labute approximate surface area is 115 Å². The van der Waals surface area contributed by atoms with E-state index in [9.17, 15) is 16.8 Å². The number of hydrogen-bond acceptors (Lipinski definition) is 6. The summed E-state index contributed by atoms with van der Waals surface area (Å²) in [4.78, 5) is 0. The maximum atomic E-state index is 12.4. The molecule has 1 rings (SSSR count). The highest BCUT2D eigenvalue weighted by Crippen LogP contribution is 2.22.